The predicted molar refractivity (Wildman–Crippen MR) is 101 cm³/mol. The molecule has 0 aromatic carbocycles. The molecule has 1 aliphatic carbocycles. The van der Waals surface area contributed by atoms with Crippen LogP contribution in [0.1, 0.15) is 60.8 Å². The van der Waals surface area contributed by atoms with Gasteiger partial charge in [-0.05, 0) is 50.6 Å². The van der Waals surface area contributed by atoms with Crippen LogP contribution in [0.4, 0.5) is 0 Å². The molecule has 0 radical (unpaired) electrons. The highest BCUT2D eigenvalue weighted by molar-refractivity contribution is 5.77. The molecule has 142 valence electrons. The largest absolute Gasteiger partial charge is 0.368 e. The molecule has 3 atom stereocenters. The Morgan fingerprint density at radius 2 is 1.75 bits per heavy atom. The van der Waals surface area contributed by atoms with Crippen LogP contribution in [-0.2, 0) is 9.53 Å². The summed E-state index contributed by atoms with van der Waals surface area (Å²) in [4.78, 5) is 16.8. The molecule has 1 fully saturated rings. The molecule has 24 heavy (non-hydrogen) atoms. The molecule has 4 nitrogen and oxygen atoms in total. The summed E-state index contributed by atoms with van der Waals surface area (Å²) in [5.41, 5.74) is 0. The number of nitrogens with zero attached hydrogens (tertiary/aromatic N) is 2. The quantitative estimate of drug-likeness (QED) is 0.608. The number of amides is 1. The molecule has 0 aliphatic heterocycles. The van der Waals surface area contributed by atoms with Gasteiger partial charge in [-0.3, -0.25) is 4.79 Å². The molecule has 1 aliphatic rings. The molecular weight excluding hydrogens is 300 g/mol. The minimum Gasteiger partial charge on any atom is -0.368 e. The highest BCUT2D eigenvalue weighted by atomic mass is 16.5. The summed E-state index contributed by atoms with van der Waals surface area (Å²) >= 11 is 0. The first-order valence-electron chi connectivity index (χ1n) is 10.0. The lowest BCUT2D eigenvalue weighted by atomic mass is 9.75. The van der Waals surface area contributed by atoms with Crippen molar-refractivity contribution >= 4 is 5.91 Å². The van der Waals surface area contributed by atoms with Gasteiger partial charge in [0.25, 0.3) is 0 Å². The van der Waals surface area contributed by atoms with Crippen LogP contribution in [0.5, 0.6) is 0 Å². The first-order chi connectivity index (χ1) is 11.4. The van der Waals surface area contributed by atoms with E-state index in [4.69, 9.17) is 4.74 Å². The maximum Gasteiger partial charge on any atom is 0.248 e. The molecule has 0 aromatic heterocycles. The number of ether oxygens (including phenoxy) is 1. The molecule has 0 N–H and O–H groups in total. The zero-order valence-corrected chi connectivity index (χ0v) is 16.9. The molecule has 1 rings (SSSR count). The Bertz CT molecular complexity index is 356. The van der Waals surface area contributed by atoms with Crippen LogP contribution in [0, 0.1) is 17.8 Å². The molecule has 0 heterocycles. The number of hydrogen-bond donors (Lipinski definition) is 0. The summed E-state index contributed by atoms with van der Waals surface area (Å²) < 4.78 is 6.13. The molecular formula is C20H40N2O2. The van der Waals surface area contributed by atoms with Crippen LogP contribution in [0.3, 0.4) is 0 Å². The summed E-state index contributed by atoms with van der Waals surface area (Å²) in [6.45, 7) is 18.1. The van der Waals surface area contributed by atoms with Gasteiger partial charge in [-0.1, -0.05) is 41.0 Å². The third-order valence-corrected chi connectivity index (χ3v) is 5.70. The van der Waals surface area contributed by atoms with Gasteiger partial charge < -0.3 is 14.5 Å². The molecule has 0 spiro atoms. The summed E-state index contributed by atoms with van der Waals surface area (Å²) in [5, 5.41) is 0. The van der Waals surface area contributed by atoms with Crippen LogP contribution in [0.2, 0.25) is 0 Å². The third kappa shape index (κ3) is 6.72. The number of carbonyl (C=O) groups excluding carboxylic acids is 1. The Labute approximate surface area is 149 Å². The van der Waals surface area contributed by atoms with Crippen LogP contribution >= 0.6 is 0 Å². The van der Waals surface area contributed by atoms with Gasteiger partial charge in [-0.15, -0.1) is 0 Å². The fourth-order valence-corrected chi connectivity index (χ4v) is 3.84. The Hall–Kier alpha value is -0.610. The predicted octanol–water partition coefficient (Wildman–Crippen LogP) is 3.65. The summed E-state index contributed by atoms with van der Waals surface area (Å²) in [6, 6.07) is 0. The monoisotopic (exact) mass is 340 g/mol. The van der Waals surface area contributed by atoms with E-state index in [1.54, 1.807) is 0 Å². The molecule has 1 amide bonds. The second kappa shape index (κ2) is 11.1. The minimum atomic E-state index is 0.144. The fourth-order valence-electron chi connectivity index (χ4n) is 3.84. The van der Waals surface area contributed by atoms with Crippen molar-refractivity contribution in [3.05, 3.63) is 0 Å². The topological polar surface area (TPSA) is 32.8 Å². The van der Waals surface area contributed by atoms with Crippen molar-refractivity contribution in [2.24, 2.45) is 17.8 Å². The minimum absolute atomic E-state index is 0.144. The van der Waals surface area contributed by atoms with E-state index in [-0.39, 0.29) is 18.6 Å². The lowest BCUT2D eigenvalue weighted by Gasteiger charge is -2.37. The lowest BCUT2D eigenvalue weighted by molar-refractivity contribution is -0.141. The second-order valence-electron chi connectivity index (χ2n) is 7.68. The highest BCUT2D eigenvalue weighted by Gasteiger charge is 2.32. The van der Waals surface area contributed by atoms with Crippen molar-refractivity contribution in [2.75, 3.05) is 39.3 Å². The van der Waals surface area contributed by atoms with Crippen molar-refractivity contribution < 1.29 is 9.53 Å². The molecule has 0 unspecified atom stereocenters. The van der Waals surface area contributed by atoms with E-state index < -0.39 is 0 Å². The number of likely N-dealkylation sites (N-methyl/N-ethyl adjacent to an activating group) is 2. The Morgan fingerprint density at radius 3 is 2.29 bits per heavy atom. The number of carbonyl (C=O) groups is 1. The fraction of sp³-hybridized carbons (Fsp3) is 0.950. The maximum absolute atomic E-state index is 12.5. The summed E-state index contributed by atoms with van der Waals surface area (Å²) in [6.07, 6.45) is 3.87. The first-order valence-corrected chi connectivity index (χ1v) is 10.0. The smallest absolute Gasteiger partial charge is 0.248 e. The van der Waals surface area contributed by atoms with E-state index in [1.807, 2.05) is 4.90 Å². The standard InChI is InChI=1S/C20H40N2O2/c1-7-21(8-2)12-13-22(9-3)20(23)15-24-19-14-17(6)10-11-18(19)16(4)5/h16-19H,7-15H2,1-6H3/t17-,18+,19-/m1/s1. The number of rotatable bonds is 10. The van der Waals surface area contributed by atoms with Crippen molar-refractivity contribution in [3.8, 4) is 0 Å². The van der Waals surface area contributed by atoms with E-state index in [9.17, 15) is 4.79 Å². The molecule has 0 saturated heterocycles. The third-order valence-electron chi connectivity index (χ3n) is 5.70. The van der Waals surface area contributed by atoms with Crippen molar-refractivity contribution in [1.82, 2.24) is 9.80 Å². The van der Waals surface area contributed by atoms with Gasteiger partial charge in [0.2, 0.25) is 5.91 Å². The van der Waals surface area contributed by atoms with E-state index >= 15 is 0 Å². The first kappa shape index (κ1) is 21.4. The van der Waals surface area contributed by atoms with E-state index in [0.29, 0.717) is 17.8 Å². The molecule has 0 aromatic rings. The zero-order chi connectivity index (χ0) is 18.1. The Balaban J connectivity index is 2.48. The van der Waals surface area contributed by atoms with Crippen LogP contribution in [0.25, 0.3) is 0 Å². The number of hydrogen-bond acceptors (Lipinski definition) is 3. The average Bonchev–Trinajstić information content (AvgIpc) is 2.56. The second-order valence-corrected chi connectivity index (χ2v) is 7.68. The van der Waals surface area contributed by atoms with Crippen LogP contribution in [0.15, 0.2) is 0 Å². The van der Waals surface area contributed by atoms with E-state index in [1.165, 1.54) is 12.8 Å². The normalized spacial score (nSPS) is 24.6. The van der Waals surface area contributed by atoms with Crippen molar-refractivity contribution in [3.63, 3.8) is 0 Å². The van der Waals surface area contributed by atoms with E-state index in [2.05, 4.69) is 46.4 Å². The van der Waals surface area contributed by atoms with Crippen LogP contribution in [-0.4, -0.2) is 61.1 Å². The zero-order valence-electron chi connectivity index (χ0n) is 16.9. The lowest BCUT2D eigenvalue weighted by Crippen LogP contribution is -2.42. The summed E-state index contributed by atoms with van der Waals surface area (Å²) in [5.74, 6) is 2.08. The van der Waals surface area contributed by atoms with Gasteiger partial charge in [-0.2, -0.15) is 0 Å². The van der Waals surface area contributed by atoms with Gasteiger partial charge in [0.15, 0.2) is 0 Å². The Kier molecular flexibility index (Phi) is 9.91. The average molecular weight is 341 g/mol. The van der Waals surface area contributed by atoms with Crippen LogP contribution < -0.4 is 0 Å². The SMILES string of the molecule is CCN(CC)CCN(CC)C(=O)CO[C@@H]1C[C@H](C)CC[C@H]1C(C)C. The van der Waals surface area contributed by atoms with Crippen molar-refractivity contribution in [2.45, 2.75) is 66.9 Å². The molecule has 4 heteroatoms. The van der Waals surface area contributed by atoms with Gasteiger partial charge in [0.1, 0.15) is 6.61 Å². The van der Waals surface area contributed by atoms with Crippen molar-refractivity contribution in [1.29, 1.82) is 0 Å². The Morgan fingerprint density at radius 1 is 1.08 bits per heavy atom. The van der Waals surface area contributed by atoms with Gasteiger partial charge in [0.05, 0.1) is 6.10 Å². The maximum atomic E-state index is 12.5. The van der Waals surface area contributed by atoms with Gasteiger partial charge in [-0.25, -0.2) is 0 Å². The molecule has 1 saturated carbocycles. The molecule has 0 bridgehead atoms. The van der Waals surface area contributed by atoms with Gasteiger partial charge >= 0.3 is 0 Å². The highest BCUT2D eigenvalue weighted by Crippen LogP contribution is 2.35. The summed E-state index contributed by atoms with van der Waals surface area (Å²) in [7, 11) is 0. The van der Waals surface area contributed by atoms with E-state index in [0.717, 1.165) is 39.1 Å². The van der Waals surface area contributed by atoms with Gasteiger partial charge in [0, 0.05) is 19.6 Å².